The number of carbonyl (C=O) groups is 2. The van der Waals surface area contributed by atoms with E-state index in [1.54, 1.807) is 36.4 Å². The lowest BCUT2D eigenvalue weighted by Crippen LogP contribution is -2.32. The number of nitrogens with zero attached hydrogens (tertiary/aromatic N) is 1. The molecule has 0 saturated carbocycles. The van der Waals surface area contributed by atoms with Crippen molar-refractivity contribution >= 4 is 40.4 Å². The van der Waals surface area contributed by atoms with E-state index in [0.717, 1.165) is 16.7 Å². The highest BCUT2D eigenvalue weighted by Gasteiger charge is 2.40. The Morgan fingerprint density at radius 1 is 0.879 bits per heavy atom. The molecule has 2 amide bonds. The first kappa shape index (κ1) is 22.6. The normalized spacial score (nSPS) is 13.7. The van der Waals surface area contributed by atoms with Crippen molar-refractivity contribution in [3.05, 3.63) is 93.6 Å². The molecule has 0 spiro atoms. The average molecular weight is 461 g/mol. The third kappa shape index (κ3) is 4.37. The van der Waals surface area contributed by atoms with Gasteiger partial charge in [0.05, 0.1) is 17.9 Å². The summed E-state index contributed by atoms with van der Waals surface area (Å²) in [5, 5.41) is 3.82. The zero-order valence-corrected chi connectivity index (χ0v) is 19.8. The molecular weight excluding hydrogens is 436 g/mol. The zero-order valence-electron chi connectivity index (χ0n) is 19.0. The monoisotopic (exact) mass is 460 g/mol. The Kier molecular flexibility index (Phi) is 6.25. The van der Waals surface area contributed by atoms with Gasteiger partial charge >= 0.3 is 0 Å². The molecule has 0 bridgehead atoms. The SMILES string of the molecule is CCOc1cccc(N2C(=O)C(Nc3ccc(Cl)cc3C)=C(c3ccc(C)c(C)c3)C2=O)c1. The smallest absolute Gasteiger partial charge is 0.282 e. The van der Waals surface area contributed by atoms with Crippen LogP contribution in [0.2, 0.25) is 5.02 Å². The maximum absolute atomic E-state index is 13.7. The molecule has 0 atom stereocenters. The van der Waals surface area contributed by atoms with E-state index < -0.39 is 5.91 Å². The minimum absolute atomic E-state index is 0.232. The van der Waals surface area contributed by atoms with Gasteiger partial charge in [0.15, 0.2) is 0 Å². The number of hydrogen-bond acceptors (Lipinski definition) is 4. The minimum atomic E-state index is -0.420. The summed E-state index contributed by atoms with van der Waals surface area (Å²) < 4.78 is 5.58. The third-order valence-corrected chi connectivity index (χ3v) is 5.95. The maximum atomic E-state index is 13.7. The summed E-state index contributed by atoms with van der Waals surface area (Å²) in [6, 6.07) is 18.1. The van der Waals surface area contributed by atoms with Gasteiger partial charge in [-0.3, -0.25) is 9.59 Å². The Balaban J connectivity index is 1.84. The van der Waals surface area contributed by atoms with Crippen LogP contribution in [0.3, 0.4) is 0 Å². The molecule has 5 nitrogen and oxygen atoms in total. The van der Waals surface area contributed by atoms with Crippen LogP contribution in [0.15, 0.2) is 66.4 Å². The van der Waals surface area contributed by atoms with Gasteiger partial charge in [-0.1, -0.05) is 35.9 Å². The maximum Gasteiger partial charge on any atom is 0.282 e. The Bertz CT molecular complexity index is 1300. The molecule has 3 aromatic carbocycles. The number of imide groups is 1. The molecule has 3 aromatic rings. The first-order valence-electron chi connectivity index (χ1n) is 10.8. The molecule has 33 heavy (non-hydrogen) atoms. The third-order valence-electron chi connectivity index (χ3n) is 5.71. The number of aryl methyl sites for hydroxylation is 3. The van der Waals surface area contributed by atoms with Gasteiger partial charge in [-0.25, -0.2) is 4.90 Å². The molecule has 0 saturated heterocycles. The molecule has 1 aliphatic heterocycles. The Labute approximate surface area is 198 Å². The lowest BCUT2D eigenvalue weighted by Gasteiger charge is -2.17. The van der Waals surface area contributed by atoms with Gasteiger partial charge in [0.25, 0.3) is 11.8 Å². The highest BCUT2D eigenvalue weighted by molar-refractivity contribution is 6.46. The van der Waals surface area contributed by atoms with Gasteiger partial charge in [-0.2, -0.15) is 0 Å². The Hall–Kier alpha value is -3.57. The van der Waals surface area contributed by atoms with Crippen LogP contribution in [0, 0.1) is 20.8 Å². The van der Waals surface area contributed by atoms with E-state index in [9.17, 15) is 9.59 Å². The van der Waals surface area contributed by atoms with Gasteiger partial charge in [-0.15, -0.1) is 0 Å². The average Bonchev–Trinajstić information content (AvgIpc) is 3.02. The number of nitrogens with one attached hydrogen (secondary N) is 1. The number of benzene rings is 3. The molecule has 168 valence electrons. The molecule has 4 rings (SSSR count). The second kappa shape index (κ2) is 9.12. The molecular formula is C27H25ClN2O3. The van der Waals surface area contributed by atoms with Crippen LogP contribution in [0.25, 0.3) is 5.57 Å². The van der Waals surface area contributed by atoms with E-state index in [1.807, 2.05) is 52.0 Å². The number of halogens is 1. The van der Waals surface area contributed by atoms with Crippen LogP contribution in [0.4, 0.5) is 11.4 Å². The second-order valence-corrected chi connectivity index (χ2v) is 8.45. The van der Waals surface area contributed by atoms with E-state index in [1.165, 1.54) is 4.90 Å². The van der Waals surface area contributed by atoms with Crippen LogP contribution < -0.4 is 15.0 Å². The first-order chi connectivity index (χ1) is 15.8. The van der Waals surface area contributed by atoms with Crippen molar-refractivity contribution in [2.24, 2.45) is 0 Å². The molecule has 1 heterocycles. The second-order valence-electron chi connectivity index (χ2n) is 8.01. The number of carbonyl (C=O) groups excluding carboxylic acids is 2. The van der Waals surface area contributed by atoms with Crippen LogP contribution in [0.1, 0.15) is 29.2 Å². The summed E-state index contributed by atoms with van der Waals surface area (Å²) >= 11 is 6.10. The molecule has 6 heteroatoms. The summed E-state index contributed by atoms with van der Waals surface area (Å²) in [6.07, 6.45) is 0. The summed E-state index contributed by atoms with van der Waals surface area (Å²) in [7, 11) is 0. The van der Waals surface area contributed by atoms with E-state index in [4.69, 9.17) is 16.3 Å². The van der Waals surface area contributed by atoms with Crippen LogP contribution >= 0.6 is 11.6 Å². The Morgan fingerprint density at radius 2 is 1.67 bits per heavy atom. The van der Waals surface area contributed by atoms with Crippen molar-refractivity contribution < 1.29 is 14.3 Å². The predicted octanol–water partition coefficient (Wildman–Crippen LogP) is 6.06. The van der Waals surface area contributed by atoms with Gasteiger partial charge in [0.2, 0.25) is 0 Å². The fourth-order valence-electron chi connectivity index (χ4n) is 3.83. The van der Waals surface area contributed by atoms with E-state index in [2.05, 4.69) is 5.32 Å². The molecule has 0 aliphatic carbocycles. The van der Waals surface area contributed by atoms with Crippen molar-refractivity contribution in [2.45, 2.75) is 27.7 Å². The molecule has 0 unspecified atom stereocenters. The largest absolute Gasteiger partial charge is 0.494 e. The molecule has 1 N–H and O–H groups in total. The van der Waals surface area contributed by atoms with E-state index >= 15 is 0 Å². The topological polar surface area (TPSA) is 58.6 Å². The number of rotatable bonds is 6. The standard InChI is InChI=1S/C27H25ClN2O3/c1-5-33-22-8-6-7-21(15-22)30-26(31)24(19-10-9-16(2)17(3)13-19)25(27(30)32)29-23-12-11-20(28)14-18(23)4/h6-15,29H,5H2,1-4H3. The predicted molar refractivity (Wildman–Crippen MR) is 133 cm³/mol. The molecule has 0 aromatic heterocycles. The summed E-state index contributed by atoms with van der Waals surface area (Å²) in [5.74, 6) is -0.208. The minimum Gasteiger partial charge on any atom is -0.494 e. The van der Waals surface area contributed by atoms with Crippen molar-refractivity contribution in [3.8, 4) is 5.75 Å². The highest BCUT2D eigenvalue weighted by atomic mass is 35.5. The van der Waals surface area contributed by atoms with Gasteiger partial charge in [-0.05, 0) is 80.3 Å². The lowest BCUT2D eigenvalue weighted by molar-refractivity contribution is -0.120. The quantitative estimate of drug-likeness (QED) is 0.454. The van der Waals surface area contributed by atoms with Crippen LogP contribution in [-0.2, 0) is 9.59 Å². The fraction of sp³-hybridized carbons (Fsp3) is 0.185. The van der Waals surface area contributed by atoms with Gasteiger partial charge in [0, 0.05) is 16.8 Å². The van der Waals surface area contributed by atoms with Crippen molar-refractivity contribution in [1.29, 1.82) is 0 Å². The number of ether oxygens (including phenoxy) is 1. The van der Waals surface area contributed by atoms with E-state index in [0.29, 0.717) is 39.9 Å². The number of anilines is 2. The first-order valence-corrected chi connectivity index (χ1v) is 11.1. The number of amides is 2. The Morgan fingerprint density at radius 3 is 2.36 bits per heavy atom. The van der Waals surface area contributed by atoms with Crippen LogP contribution in [-0.4, -0.2) is 18.4 Å². The number of hydrogen-bond donors (Lipinski definition) is 1. The summed E-state index contributed by atoms with van der Waals surface area (Å²) in [4.78, 5) is 28.5. The van der Waals surface area contributed by atoms with Crippen molar-refractivity contribution in [1.82, 2.24) is 0 Å². The lowest BCUT2D eigenvalue weighted by atomic mass is 9.99. The molecule has 0 radical (unpaired) electrons. The summed E-state index contributed by atoms with van der Waals surface area (Å²) in [5.41, 5.74) is 5.44. The fourth-order valence-corrected chi connectivity index (χ4v) is 4.05. The van der Waals surface area contributed by atoms with Crippen molar-refractivity contribution in [3.63, 3.8) is 0 Å². The highest BCUT2D eigenvalue weighted by Crippen LogP contribution is 2.36. The summed E-state index contributed by atoms with van der Waals surface area (Å²) in [6.45, 7) is 8.27. The van der Waals surface area contributed by atoms with Gasteiger partial charge < -0.3 is 10.1 Å². The van der Waals surface area contributed by atoms with Crippen LogP contribution in [0.5, 0.6) is 5.75 Å². The molecule has 0 fully saturated rings. The van der Waals surface area contributed by atoms with Crippen molar-refractivity contribution in [2.75, 3.05) is 16.8 Å². The van der Waals surface area contributed by atoms with E-state index in [-0.39, 0.29) is 11.6 Å². The van der Waals surface area contributed by atoms with Gasteiger partial charge in [0.1, 0.15) is 11.4 Å². The molecule has 1 aliphatic rings. The zero-order chi connectivity index (χ0) is 23.7.